The molecule has 0 aromatic carbocycles. The van der Waals surface area contributed by atoms with Gasteiger partial charge in [-0.25, -0.2) is 0 Å². The van der Waals surface area contributed by atoms with Gasteiger partial charge in [-0.2, -0.15) is 0 Å². The Morgan fingerprint density at radius 2 is 0.494 bits per heavy atom. The van der Waals surface area contributed by atoms with Crippen LogP contribution >= 0.6 is 0 Å². The van der Waals surface area contributed by atoms with E-state index < -0.39 is 6.10 Å². The van der Waals surface area contributed by atoms with Crippen molar-refractivity contribution in [1.29, 1.82) is 0 Å². The van der Waals surface area contributed by atoms with Gasteiger partial charge in [0, 0.05) is 19.3 Å². The van der Waals surface area contributed by atoms with Crippen molar-refractivity contribution in [3.05, 3.63) is 97.2 Å². The zero-order chi connectivity index (χ0) is 57.1. The van der Waals surface area contributed by atoms with Crippen LogP contribution in [0.1, 0.15) is 329 Å². The normalized spacial score (nSPS) is 12.7. The second kappa shape index (κ2) is 66.8. The van der Waals surface area contributed by atoms with E-state index in [-0.39, 0.29) is 31.1 Å². The number of carbonyl (C=O) groups is 3. The molecule has 0 heterocycles. The highest BCUT2D eigenvalue weighted by Crippen LogP contribution is 2.17. The minimum Gasteiger partial charge on any atom is -0.462 e. The molecule has 454 valence electrons. The van der Waals surface area contributed by atoms with Crippen LogP contribution in [0.4, 0.5) is 0 Å². The molecule has 0 amide bonds. The number of carbonyl (C=O) groups excluding carboxylic acids is 3. The lowest BCUT2D eigenvalue weighted by Crippen LogP contribution is -2.30. The quantitative estimate of drug-likeness (QED) is 0.0261. The summed E-state index contributed by atoms with van der Waals surface area (Å²) in [4.78, 5) is 38.1. The topological polar surface area (TPSA) is 78.9 Å². The minimum atomic E-state index is -0.777. The fourth-order valence-electron chi connectivity index (χ4n) is 9.54. The summed E-state index contributed by atoms with van der Waals surface area (Å²) in [7, 11) is 0. The number of ether oxygens (including phenoxy) is 3. The van der Waals surface area contributed by atoms with Crippen molar-refractivity contribution < 1.29 is 28.6 Å². The van der Waals surface area contributed by atoms with E-state index in [0.29, 0.717) is 19.3 Å². The van der Waals surface area contributed by atoms with Crippen molar-refractivity contribution in [2.45, 2.75) is 335 Å². The Morgan fingerprint density at radius 1 is 0.266 bits per heavy atom. The summed E-state index contributed by atoms with van der Waals surface area (Å²) in [6.45, 7) is 6.50. The van der Waals surface area contributed by atoms with E-state index in [9.17, 15) is 14.4 Å². The number of hydrogen-bond acceptors (Lipinski definition) is 6. The molecule has 0 saturated carbocycles. The highest BCUT2D eigenvalue weighted by atomic mass is 16.6. The molecule has 1 unspecified atom stereocenters. The number of unbranched alkanes of at least 4 members (excludes halogenated alkanes) is 34. The van der Waals surface area contributed by atoms with Gasteiger partial charge in [-0.15, -0.1) is 0 Å². The molecule has 0 bridgehead atoms. The highest BCUT2D eigenvalue weighted by Gasteiger charge is 2.19. The average Bonchev–Trinajstić information content (AvgIpc) is 3.45. The van der Waals surface area contributed by atoms with Crippen LogP contribution in [0.3, 0.4) is 0 Å². The van der Waals surface area contributed by atoms with Gasteiger partial charge in [0.15, 0.2) is 6.10 Å². The van der Waals surface area contributed by atoms with Crippen LogP contribution in [0.2, 0.25) is 0 Å². The molecule has 0 aromatic rings. The first-order valence-corrected chi connectivity index (χ1v) is 33.7. The van der Waals surface area contributed by atoms with E-state index in [0.717, 1.165) is 103 Å². The molecular weight excluding hydrogens is 973 g/mol. The van der Waals surface area contributed by atoms with Crippen LogP contribution < -0.4 is 0 Å². The monoisotopic (exact) mass is 1100 g/mol. The molecule has 0 aliphatic heterocycles. The lowest BCUT2D eigenvalue weighted by Gasteiger charge is -2.18. The summed E-state index contributed by atoms with van der Waals surface area (Å²) in [5.74, 6) is -0.875. The Balaban J connectivity index is 4.07. The molecule has 0 fully saturated rings. The predicted octanol–water partition coefficient (Wildman–Crippen LogP) is 23.2. The van der Waals surface area contributed by atoms with E-state index >= 15 is 0 Å². The molecule has 0 spiro atoms. The number of rotatable bonds is 61. The summed E-state index contributed by atoms with van der Waals surface area (Å²) in [5, 5.41) is 0. The van der Waals surface area contributed by atoms with Gasteiger partial charge in [0.05, 0.1) is 0 Å². The van der Waals surface area contributed by atoms with Crippen LogP contribution in [0.25, 0.3) is 0 Å². The van der Waals surface area contributed by atoms with Crippen molar-refractivity contribution in [2.75, 3.05) is 13.2 Å². The van der Waals surface area contributed by atoms with Crippen LogP contribution in [0.15, 0.2) is 97.2 Å². The maximum Gasteiger partial charge on any atom is 0.306 e. The Bertz CT molecular complexity index is 1540. The number of hydrogen-bond donors (Lipinski definition) is 0. The summed E-state index contributed by atoms with van der Waals surface area (Å²) in [6.07, 6.45) is 90.2. The van der Waals surface area contributed by atoms with Crippen molar-refractivity contribution in [3.63, 3.8) is 0 Å². The second-order valence-corrected chi connectivity index (χ2v) is 22.4. The molecule has 6 nitrogen and oxygen atoms in total. The van der Waals surface area contributed by atoms with Crippen molar-refractivity contribution in [2.24, 2.45) is 0 Å². The van der Waals surface area contributed by atoms with E-state index in [1.54, 1.807) is 0 Å². The fraction of sp³-hybridized carbons (Fsp3) is 0.740. The molecule has 0 radical (unpaired) electrons. The fourth-order valence-corrected chi connectivity index (χ4v) is 9.54. The zero-order valence-corrected chi connectivity index (χ0v) is 52.1. The van der Waals surface area contributed by atoms with Gasteiger partial charge in [0.1, 0.15) is 13.2 Å². The third kappa shape index (κ3) is 65.0. The molecule has 6 heteroatoms. The molecule has 0 aliphatic rings. The maximum atomic E-state index is 12.9. The zero-order valence-electron chi connectivity index (χ0n) is 52.1. The van der Waals surface area contributed by atoms with Gasteiger partial charge in [0.25, 0.3) is 0 Å². The molecule has 0 aromatic heterocycles. The first-order valence-electron chi connectivity index (χ1n) is 33.7. The Kier molecular flexibility index (Phi) is 63.7. The SMILES string of the molecule is CC/C=C\C/C=C\C/C=C\C/C=C\C/C=C\C/C=C\CCCCCCCCCCCCCCCCC(=O)OCC(COC(=O)CCCCCCCCC)OC(=O)CCCCCCCCCCC/C=C\C/C=C\CCCCCCC. The minimum absolute atomic E-state index is 0.0758. The molecule has 0 aliphatic carbocycles. The van der Waals surface area contributed by atoms with E-state index in [2.05, 4.69) is 118 Å². The summed E-state index contributed by atoms with van der Waals surface area (Å²) in [6, 6.07) is 0. The molecule has 0 saturated heterocycles. The summed E-state index contributed by atoms with van der Waals surface area (Å²) < 4.78 is 16.9. The van der Waals surface area contributed by atoms with Gasteiger partial charge < -0.3 is 14.2 Å². The summed E-state index contributed by atoms with van der Waals surface area (Å²) in [5.41, 5.74) is 0. The van der Waals surface area contributed by atoms with Crippen LogP contribution in [-0.2, 0) is 28.6 Å². The summed E-state index contributed by atoms with van der Waals surface area (Å²) >= 11 is 0. The lowest BCUT2D eigenvalue weighted by molar-refractivity contribution is -0.167. The van der Waals surface area contributed by atoms with E-state index in [1.807, 2.05) is 0 Å². The number of esters is 3. The van der Waals surface area contributed by atoms with Crippen LogP contribution in [-0.4, -0.2) is 37.2 Å². The third-order valence-electron chi connectivity index (χ3n) is 14.6. The van der Waals surface area contributed by atoms with Crippen molar-refractivity contribution in [3.8, 4) is 0 Å². The molecule has 79 heavy (non-hydrogen) atoms. The smallest absolute Gasteiger partial charge is 0.306 e. The van der Waals surface area contributed by atoms with Gasteiger partial charge in [-0.05, 0) is 103 Å². The van der Waals surface area contributed by atoms with Crippen LogP contribution in [0.5, 0.6) is 0 Å². The van der Waals surface area contributed by atoms with Crippen LogP contribution in [0, 0.1) is 0 Å². The Hall–Kier alpha value is -3.67. The number of allylic oxidation sites excluding steroid dienone is 16. The van der Waals surface area contributed by atoms with Gasteiger partial charge in [-0.3, -0.25) is 14.4 Å². The molecular formula is C73H126O6. The average molecular weight is 1100 g/mol. The van der Waals surface area contributed by atoms with Gasteiger partial charge in [0.2, 0.25) is 0 Å². The van der Waals surface area contributed by atoms with Gasteiger partial charge in [-0.1, -0.05) is 304 Å². The standard InChI is InChI=1S/C73H126O6/c1-4-7-10-13-16-18-20-22-24-26-28-30-31-32-33-34-35-36-37-38-39-40-41-43-44-46-48-50-52-54-57-60-63-66-72(75)78-69-70(68-77-71(74)65-62-59-56-15-12-9-6-3)79-73(76)67-64-61-58-55-53-51-49-47-45-42-29-27-25-23-21-19-17-14-11-8-5-2/h7,10,16,18,21-24,27-30,32-33,35-36,70H,4-6,8-9,11-15,17,19-20,25-26,31,34,37-69H2,1-3H3/b10-7-,18-16-,23-21-,24-22-,29-27-,30-28-,33-32-,36-35-. The Labute approximate surface area is 489 Å². The van der Waals surface area contributed by atoms with Crippen molar-refractivity contribution >= 4 is 17.9 Å². The third-order valence-corrected chi connectivity index (χ3v) is 14.6. The first kappa shape index (κ1) is 75.3. The lowest BCUT2D eigenvalue weighted by atomic mass is 10.0. The van der Waals surface area contributed by atoms with Crippen molar-refractivity contribution in [1.82, 2.24) is 0 Å². The Morgan fingerprint density at radius 3 is 0.772 bits per heavy atom. The van der Waals surface area contributed by atoms with Gasteiger partial charge >= 0.3 is 17.9 Å². The van der Waals surface area contributed by atoms with E-state index in [1.165, 1.54) is 186 Å². The first-order chi connectivity index (χ1) is 39.0. The van der Waals surface area contributed by atoms with E-state index in [4.69, 9.17) is 14.2 Å². The molecule has 0 N–H and O–H groups in total. The molecule has 0 rings (SSSR count). The second-order valence-electron chi connectivity index (χ2n) is 22.4. The maximum absolute atomic E-state index is 12.9. The molecule has 1 atom stereocenters. The predicted molar refractivity (Wildman–Crippen MR) is 344 cm³/mol. The highest BCUT2D eigenvalue weighted by molar-refractivity contribution is 5.71. The largest absolute Gasteiger partial charge is 0.462 e.